The Bertz CT molecular complexity index is 1150. The van der Waals surface area contributed by atoms with E-state index >= 15 is 0 Å². The Labute approximate surface area is 155 Å². The molecule has 7 nitrogen and oxygen atoms in total. The van der Waals surface area contributed by atoms with Crippen LogP contribution in [0.3, 0.4) is 0 Å². The molecule has 5 rings (SSSR count). The van der Waals surface area contributed by atoms with E-state index < -0.39 is 0 Å². The predicted molar refractivity (Wildman–Crippen MR) is 102 cm³/mol. The van der Waals surface area contributed by atoms with Gasteiger partial charge in [0.15, 0.2) is 11.4 Å². The van der Waals surface area contributed by atoms with Crippen molar-refractivity contribution in [1.82, 2.24) is 14.4 Å². The molecule has 0 fully saturated rings. The number of nitroso groups, excluding NO2 is 1. The van der Waals surface area contributed by atoms with Crippen molar-refractivity contribution >= 4 is 17.2 Å². The van der Waals surface area contributed by atoms with E-state index in [-0.39, 0.29) is 6.04 Å². The number of anilines is 2. The lowest BCUT2D eigenvalue weighted by molar-refractivity contribution is 0.581. The van der Waals surface area contributed by atoms with E-state index in [0.29, 0.717) is 5.76 Å². The molecule has 1 unspecified atom stereocenters. The minimum absolute atomic E-state index is 0.225. The van der Waals surface area contributed by atoms with Crippen LogP contribution >= 0.6 is 0 Å². The van der Waals surface area contributed by atoms with Crippen molar-refractivity contribution in [1.29, 1.82) is 0 Å². The fourth-order valence-corrected chi connectivity index (χ4v) is 3.73. The second-order valence-electron chi connectivity index (χ2n) is 6.69. The van der Waals surface area contributed by atoms with Gasteiger partial charge in [0.2, 0.25) is 0 Å². The normalized spacial score (nSPS) is 15.8. The largest absolute Gasteiger partial charge is 0.463 e. The molecule has 1 aliphatic rings. The molecular weight excluding hydrogens is 342 g/mol. The third-order valence-electron chi connectivity index (χ3n) is 5.05. The number of aryl methyl sites for hydroxylation is 2. The topological polar surface area (TPSA) is 84.8 Å². The average Bonchev–Trinajstić information content (AvgIpc) is 3.40. The Morgan fingerprint density at radius 2 is 2.26 bits per heavy atom. The van der Waals surface area contributed by atoms with Crippen molar-refractivity contribution in [3.05, 3.63) is 70.7 Å². The standard InChI is InChI=1S/C20H17N5O2/c1-12-19-23-18(17-3-2-10-27-17)20(25(19)9-8-21-12)22-14-5-6-15-13(11-14)4-7-16(15)24-26/h2-3,5-6,8-11,16,22H,4,7H2,1H3. The Balaban J connectivity index is 1.62. The van der Waals surface area contributed by atoms with Crippen LogP contribution in [0.1, 0.15) is 29.3 Å². The average molecular weight is 359 g/mol. The molecule has 134 valence electrons. The minimum Gasteiger partial charge on any atom is -0.463 e. The lowest BCUT2D eigenvalue weighted by atomic mass is 10.1. The maximum absolute atomic E-state index is 11.0. The highest BCUT2D eigenvalue weighted by atomic mass is 16.3. The number of fused-ring (bicyclic) bond motifs is 2. The lowest BCUT2D eigenvalue weighted by Gasteiger charge is -2.10. The summed E-state index contributed by atoms with van der Waals surface area (Å²) in [4.78, 5) is 20.0. The van der Waals surface area contributed by atoms with Crippen molar-refractivity contribution in [2.24, 2.45) is 5.18 Å². The van der Waals surface area contributed by atoms with E-state index in [1.54, 1.807) is 12.5 Å². The monoisotopic (exact) mass is 359 g/mol. The summed E-state index contributed by atoms with van der Waals surface area (Å²) in [5, 5.41) is 6.71. The van der Waals surface area contributed by atoms with Crippen molar-refractivity contribution in [2.75, 3.05) is 5.32 Å². The van der Waals surface area contributed by atoms with Crippen LogP contribution in [0.25, 0.3) is 17.1 Å². The Kier molecular flexibility index (Phi) is 3.53. The van der Waals surface area contributed by atoms with E-state index in [2.05, 4.69) is 21.5 Å². The van der Waals surface area contributed by atoms with Gasteiger partial charge in [0.1, 0.15) is 17.6 Å². The number of benzene rings is 1. The molecule has 0 bridgehead atoms. The molecule has 0 radical (unpaired) electrons. The first-order chi connectivity index (χ1) is 13.2. The van der Waals surface area contributed by atoms with Gasteiger partial charge in [-0.3, -0.25) is 9.38 Å². The molecule has 1 aliphatic carbocycles. The highest BCUT2D eigenvalue weighted by molar-refractivity contribution is 5.78. The van der Waals surface area contributed by atoms with Gasteiger partial charge in [-0.05, 0) is 55.2 Å². The molecule has 1 aromatic carbocycles. The molecule has 3 aromatic heterocycles. The van der Waals surface area contributed by atoms with E-state index in [1.807, 2.05) is 41.8 Å². The molecule has 0 aliphatic heterocycles. The van der Waals surface area contributed by atoms with Crippen LogP contribution in [0, 0.1) is 11.8 Å². The fraction of sp³-hybridized carbons (Fsp3) is 0.200. The smallest absolute Gasteiger partial charge is 0.160 e. The Morgan fingerprint density at radius 3 is 3.07 bits per heavy atom. The van der Waals surface area contributed by atoms with Gasteiger partial charge in [-0.25, -0.2) is 4.98 Å². The maximum Gasteiger partial charge on any atom is 0.160 e. The van der Waals surface area contributed by atoms with Gasteiger partial charge in [-0.1, -0.05) is 11.2 Å². The second kappa shape index (κ2) is 6.05. The zero-order valence-corrected chi connectivity index (χ0v) is 14.7. The molecule has 27 heavy (non-hydrogen) atoms. The quantitative estimate of drug-likeness (QED) is 0.529. The van der Waals surface area contributed by atoms with E-state index in [4.69, 9.17) is 9.40 Å². The van der Waals surface area contributed by atoms with Crippen molar-refractivity contribution < 1.29 is 4.42 Å². The molecule has 0 spiro atoms. The molecular formula is C20H17N5O2. The summed E-state index contributed by atoms with van der Waals surface area (Å²) in [5.74, 6) is 1.50. The summed E-state index contributed by atoms with van der Waals surface area (Å²) in [6.07, 6.45) is 6.91. The zero-order chi connectivity index (χ0) is 18.4. The molecule has 7 heteroatoms. The molecule has 0 amide bonds. The SMILES string of the molecule is Cc1nccn2c(Nc3ccc4c(c3)CCC4N=O)c(-c3ccco3)nc12. The third-order valence-corrected chi connectivity index (χ3v) is 5.05. The number of nitrogens with one attached hydrogen (secondary N) is 1. The van der Waals surface area contributed by atoms with Crippen LogP contribution < -0.4 is 5.32 Å². The number of nitrogens with zero attached hydrogens (tertiary/aromatic N) is 4. The lowest BCUT2D eigenvalue weighted by Crippen LogP contribution is -1.99. The highest BCUT2D eigenvalue weighted by Crippen LogP contribution is 2.37. The maximum atomic E-state index is 11.0. The summed E-state index contributed by atoms with van der Waals surface area (Å²) in [6.45, 7) is 1.93. The molecule has 1 atom stereocenters. The van der Waals surface area contributed by atoms with Crippen LogP contribution in [-0.2, 0) is 6.42 Å². The van der Waals surface area contributed by atoms with Gasteiger partial charge in [-0.2, -0.15) is 4.91 Å². The number of imidazole rings is 1. The van der Waals surface area contributed by atoms with Crippen LogP contribution in [0.5, 0.6) is 0 Å². The fourth-order valence-electron chi connectivity index (χ4n) is 3.73. The second-order valence-corrected chi connectivity index (χ2v) is 6.69. The molecule has 3 heterocycles. The highest BCUT2D eigenvalue weighted by Gasteiger charge is 2.24. The Morgan fingerprint density at radius 1 is 1.33 bits per heavy atom. The summed E-state index contributed by atoms with van der Waals surface area (Å²) in [5.41, 5.74) is 5.47. The first-order valence-corrected chi connectivity index (χ1v) is 8.84. The van der Waals surface area contributed by atoms with Gasteiger partial charge < -0.3 is 9.73 Å². The van der Waals surface area contributed by atoms with Crippen molar-refractivity contribution in [2.45, 2.75) is 25.8 Å². The van der Waals surface area contributed by atoms with Gasteiger partial charge in [0.25, 0.3) is 0 Å². The number of aromatic nitrogens is 3. The van der Waals surface area contributed by atoms with Crippen molar-refractivity contribution in [3.8, 4) is 11.5 Å². The number of furan rings is 1. The first-order valence-electron chi connectivity index (χ1n) is 8.84. The van der Waals surface area contributed by atoms with Gasteiger partial charge in [0, 0.05) is 18.1 Å². The van der Waals surface area contributed by atoms with Crippen molar-refractivity contribution in [3.63, 3.8) is 0 Å². The number of hydrogen-bond acceptors (Lipinski definition) is 6. The van der Waals surface area contributed by atoms with E-state index in [9.17, 15) is 4.91 Å². The van der Waals surface area contributed by atoms with Gasteiger partial charge >= 0.3 is 0 Å². The number of hydrogen-bond donors (Lipinski definition) is 1. The first kappa shape index (κ1) is 15.7. The minimum atomic E-state index is -0.225. The number of rotatable bonds is 4. The molecule has 1 N–H and O–H groups in total. The summed E-state index contributed by atoms with van der Waals surface area (Å²) in [7, 11) is 0. The van der Waals surface area contributed by atoms with Crippen LogP contribution in [0.15, 0.2) is 58.6 Å². The molecule has 0 saturated carbocycles. The third kappa shape index (κ3) is 2.51. The predicted octanol–water partition coefficient (Wildman–Crippen LogP) is 4.80. The molecule has 4 aromatic rings. The van der Waals surface area contributed by atoms with Gasteiger partial charge in [0.05, 0.1) is 12.0 Å². The van der Waals surface area contributed by atoms with E-state index in [1.165, 1.54) is 0 Å². The van der Waals surface area contributed by atoms with Crippen LogP contribution in [-0.4, -0.2) is 14.4 Å². The Hall–Kier alpha value is -3.48. The van der Waals surface area contributed by atoms with E-state index in [0.717, 1.165) is 52.5 Å². The zero-order valence-electron chi connectivity index (χ0n) is 14.7. The summed E-state index contributed by atoms with van der Waals surface area (Å²) < 4.78 is 7.56. The molecule has 0 saturated heterocycles. The van der Waals surface area contributed by atoms with Gasteiger partial charge in [-0.15, -0.1) is 0 Å². The summed E-state index contributed by atoms with van der Waals surface area (Å²) in [6, 6.07) is 9.55. The van der Waals surface area contributed by atoms with Crippen LogP contribution in [0.4, 0.5) is 11.5 Å². The van der Waals surface area contributed by atoms with Crippen LogP contribution in [0.2, 0.25) is 0 Å². The summed E-state index contributed by atoms with van der Waals surface area (Å²) >= 11 is 0.